The van der Waals surface area contributed by atoms with Gasteiger partial charge in [-0.2, -0.15) is 0 Å². The first-order valence-electron chi connectivity index (χ1n) is 10.2. The van der Waals surface area contributed by atoms with Gasteiger partial charge in [0, 0.05) is 37.4 Å². The van der Waals surface area contributed by atoms with Gasteiger partial charge in [-0.1, -0.05) is 34.8 Å². The van der Waals surface area contributed by atoms with Crippen molar-refractivity contribution >= 4 is 57.8 Å². The molecule has 0 atom stereocenters. The number of anilines is 3. The Hall–Kier alpha value is -2.75. The van der Waals surface area contributed by atoms with E-state index in [1.54, 1.807) is 17.0 Å². The second kappa shape index (κ2) is 10.1. The predicted octanol–water partition coefficient (Wildman–Crippen LogP) is 6.92. The fourth-order valence-electron chi connectivity index (χ4n) is 3.72. The summed E-state index contributed by atoms with van der Waals surface area (Å²) >= 11 is 18.2. The molecular formula is C23H15Cl3F5N3O. The maximum atomic E-state index is 14.1. The summed E-state index contributed by atoms with van der Waals surface area (Å²) < 4.78 is 68.7. The highest BCUT2D eigenvalue weighted by Crippen LogP contribution is 2.34. The molecule has 1 fully saturated rings. The Morgan fingerprint density at radius 2 is 1.26 bits per heavy atom. The van der Waals surface area contributed by atoms with Crippen molar-refractivity contribution in [2.45, 2.75) is 0 Å². The first kappa shape index (κ1) is 25.3. The summed E-state index contributed by atoms with van der Waals surface area (Å²) in [6.45, 7) is 0.386. The molecule has 3 aromatic rings. The summed E-state index contributed by atoms with van der Waals surface area (Å²) in [5, 5.41) is 3.54. The van der Waals surface area contributed by atoms with E-state index in [0.717, 1.165) is 4.90 Å². The first-order chi connectivity index (χ1) is 16.6. The number of rotatable bonds is 4. The smallest absolute Gasteiger partial charge is 0.255 e. The van der Waals surface area contributed by atoms with Crippen LogP contribution >= 0.6 is 34.8 Å². The molecule has 0 saturated carbocycles. The summed E-state index contributed by atoms with van der Waals surface area (Å²) in [6, 6.07) is 9.25. The number of amides is 1. The normalized spacial score (nSPS) is 13.8. The highest BCUT2D eigenvalue weighted by molar-refractivity contribution is 6.42. The van der Waals surface area contributed by atoms with E-state index in [9.17, 15) is 26.7 Å². The minimum Gasteiger partial charge on any atom is -0.367 e. The molecule has 0 unspecified atom stereocenters. The van der Waals surface area contributed by atoms with Crippen molar-refractivity contribution in [3.05, 3.63) is 86.1 Å². The van der Waals surface area contributed by atoms with Gasteiger partial charge in [0.05, 0.1) is 20.8 Å². The molecule has 0 bridgehead atoms. The minimum atomic E-state index is -2.19. The monoisotopic (exact) mass is 549 g/mol. The van der Waals surface area contributed by atoms with Gasteiger partial charge in [-0.25, -0.2) is 22.0 Å². The summed E-state index contributed by atoms with van der Waals surface area (Å²) in [7, 11) is 0. The van der Waals surface area contributed by atoms with Crippen LogP contribution in [0.3, 0.4) is 0 Å². The third-order valence-corrected chi connectivity index (χ3v) is 6.55. The van der Waals surface area contributed by atoms with Crippen LogP contribution in [0.15, 0.2) is 36.4 Å². The van der Waals surface area contributed by atoms with E-state index in [0.29, 0.717) is 27.0 Å². The van der Waals surface area contributed by atoms with Gasteiger partial charge in [0.25, 0.3) is 5.91 Å². The zero-order chi connectivity index (χ0) is 25.4. The Bertz CT molecular complexity index is 1290. The standard InChI is InChI=1S/C23H15Cl3F5N3O/c24-13-3-1-11(9-14(13)25)23(35)32-12-2-4-16(15(26)10-12)33-5-7-34(8-6-33)22-20(30)18(28)17(27)19(29)21(22)31/h1-4,9-10H,5-8H2,(H,32,35). The average molecular weight is 551 g/mol. The van der Waals surface area contributed by atoms with Crippen molar-refractivity contribution in [2.24, 2.45) is 0 Å². The lowest BCUT2D eigenvalue weighted by Gasteiger charge is -2.38. The molecule has 0 spiro atoms. The zero-order valence-electron chi connectivity index (χ0n) is 17.6. The van der Waals surface area contributed by atoms with E-state index < -0.39 is 40.7 Å². The van der Waals surface area contributed by atoms with Crippen molar-refractivity contribution in [1.29, 1.82) is 0 Å². The van der Waals surface area contributed by atoms with Crippen molar-refractivity contribution in [3.63, 3.8) is 0 Å². The number of nitrogens with zero attached hydrogens (tertiary/aromatic N) is 2. The van der Waals surface area contributed by atoms with E-state index in [1.165, 1.54) is 24.3 Å². The van der Waals surface area contributed by atoms with Gasteiger partial charge in [0.1, 0.15) is 5.69 Å². The van der Waals surface area contributed by atoms with Crippen LogP contribution in [0.4, 0.5) is 39.0 Å². The lowest BCUT2D eigenvalue weighted by atomic mass is 10.1. The van der Waals surface area contributed by atoms with E-state index in [-0.39, 0.29) is 31.2 Å². The molecular weight excluding hydrogens is 536 g/mol. The molecule has 12 heteroatoms. The Balaban J connectivity index is 1.45. The molecule has 1 saturated heterocycles. The summed E-state index contributed by atoms with van der Waals surface area (Å²) in [6.07, 6.45) is 0. The quantitative estimate of drug-likeness (QED) is 0.218. The highest BCUT2D eigenvalue weighted by Gasteiger charge is 2.31. The molecule has 1 N–H and O–H groups in total. The molecule has 0 aliphatic carbocycles. The van der Waals surface area contributed by atoms with Crippen LogP contribution in [-0.2, 0) is 0 Å². The van der Waals surface area contributed by atoms with Gasteiger partial charge in [-0.3, -0.25) is 4.79 Å². The molecule has 4 nitrogen and oxygen atoms in total. The molecule has 0 radical (unpaired) electrons. The van der Waals surface area contributed by atoms with Crippen molar-refractivity contribution in [1.82, 2.24) is 0 Å². The van der Waals surface area contributed by atoms with Gasteiger partial charge in [0.15, 0.2) is 23.3 Å². The second-order valence-corrected chi connectivity index (χ2v) is 8.86. The van der Waals surface area contributed by atoms with Crippen LogP contribution in [0.5, 0.6) is 0 Å². The van der Waals surface area contributed by atoms with E-state index in [1.807, 2.05) is 0 Å². The Morgan fingerprint density at radius 1 is 0.686 bits per heavy atom. The SMILES string of the molecule is O=C(Nc1ccc(N2CCN(c3c(F)c(F)c(F)c(F)c3F)CC2)c(Cl)c1)c1ccc(Cl)c(Cl)c1. The van der Waals surface area contributed by atoms with Gasteiger partial charge < -0.3 is 15.1 Å². The summed E-state index contributed by atoms with van der Waals surface area (Å²) in [5.74, 6) is -10.3. The molecule has 4 rings (SSSR count). The summed E-state index contributed by atoms with van der Waals surface area (Å²) in [5.41, 5.74) is 0.336. The number of carbonyl (C=O) groups is 1. The lowest BCUT2D eigenvalue weighted by Crippen LogP contribution is -2.47. The van der Waals surface area contributed by atoms with Crippen molar-refractivity contribution < 1.29 is 26.7 Å². The third-order valence-electron chi connectivity index (χ3n) is 5.51. The fraction of sp³-hybridized carbons (Fsp3) is 0.174. The maximum Gasteiger partial charge on any atom is 0.255 e. The van der Waals surface area contributed by atoms with Crippen LogP contribution < -0.4 is 15.1 Å². The highest BCUT2D eigenvalue weighted by atomic mass is 35.5. The number of benzene rings is 3. The molecule has 1 heterocycles. The van der Waals surface area contributed by atoms with Gasteiger partial charge in [-0.15, -0.1) is 0 Å². The first-order valence-corrected chi connectivity index (χ1v) is 11.3. The van der Waals surface area contributed by atoms with Gasteiger partial charge in [-0.05, 0) is 36.4 Å². The number of hydrogen-bond acceptors (Lipinski definition) is 3. The van der Waals surface area contributed by atoms with Crippen LogP contribution in [0, 0.1) is 29.1 Å². The third kappa shape index (κ3) is 4.98. The molecule has 35 heavy (non-hydrogen) atoms. The Morgan fingerprint density at radius 3 is 1.83 bits per heavy atom. The molecule has 1 amide bonds. The zero-order valence-corrected chi connectivity index (χ0v) is 19.9. The minimum absolute atomic E-state index is 0.00943. The number of nitrogens with one attached hydrogen (secondary N) is 1. The average Bonchev–Trinajstić information content (AvgIpc) is 2.84. The van der Waals surface area contributed by atoms with Crippen LogP contribution in [0.2, 0.25) is 15.1 Å². The van der Waals surface area contributed by atoms with Crippen LogP contribution in [0.25, 0.3) is 0 Å². The van der Waals surface area contributed by atoms with Crippen molar-refractivity contribution in [3.8, 4) is 0 Å². The molecule has 184 valence electrons. The van der Waals surface area contributed by atoms with Gasteiger partial charge >= 0.3 is 0 Å². The molecule has 0 aromatic heterocycles. The topological polar surface area (TPSA) is 35.6 Å². The van der Waals surface area contributed by atoms with E-state index >= 15 is 0 Å². The van der Waals surface area contributed by atoms with E-state index in [2.05, 4.69) is 5.32 Å². The molecule has 1 aliphatic heterocycles. The van der Waals surface area contributed by atoms with Crippen LogP contribution in [0.1, 0.15) is 10.4 Å². The number of halogens is 8. The van der Waals surface area contributed by atoms with Crippen LogP contribution in [-0.4, -0.2) is 32.1 Å². The largest absolute Gasteiger partial charge is 0.367 e. The number of hydrogen-bond donors (Lipinski definition) is 1. The summed E-state index contributed by atoms with van der Waals surface area (Å²) in [4.78, 5) is 15.4. The van der Waals surface area contributed by atoms with E-state index in [4.69, 9.17) is 34.8 Å². The van der Waals surface area contributed by atoms with Gasteiger partial charge in [0.2, 0.25) is 5.82 Å². The molecule has 3 aromatic carbocycles. The maximum absolute atomic E-state index is 14.1. The Labute approximate surface area is 211 Å². The lowest BCUT2D eigenvalue weighted by molar-refractivity contribution is 0.102. The Kier molecular flexibility index (Phi) is 7.30. The molecule has 1 aliphatic rings. The fourth-order valence-corrected chi connectivity index (χ4v) is 4.32. The number of piperazine rings is 1. The predicted molar refractivity (Wildman–Crippen MR) is 127 cm³/mol. The van der Waals surface area contributed by atoms with Crippen molar-refractivity contribution in [2.75, 3.05) is 41.3 Å². The number of carbonyl (C=O) groups excluding carboxylic acids is 1. The second-order valence-electron chi connectivity index (χ2n) is 7.64.